The highest BCUT2D eigenvalue weighted by Gasteiger charge is 2.58. The zero-order chi connectivity index (χ0) is 110. The predicted octanol–water partition coefficient (Wildman–Crippen LogP) is -2.73. The first-order valence-corrected chi connectivity index (χ1v) is 49.2. The number of nitrogen functional groups attached to an aromatic ring is 6. The fraction of sp³-hybridized carbons (Fsp3) is 0.464. The average Bonchev–Trinajstić information content (AvgIpc) is 1.63. The number of anilines is 12. The van der Waals surface area contributed by atoms with Crippen molar-refractivity contribution in [3.8, 4) is 0 Å². The standard InChI is InChI=1S/2C17H20N4O8S.C15H18N4O6S.C13H16N4O5S.C11H14N4O5S.C11H14N4O4S/c2*1-6-21(14-13(30-6)15(25)20-17(18)19-14)16-12(28-9(4)24)11(27-8(3)23)10(29-16)5-26-7(2)22;1-6-19(12-11(26-6)13(22)18-15(16)17-12)14-10(24-8(3)21)4-9(25-14)5-23-7(2)20;1-5-17(10-9(23-5)11(20)16-13(14)15-10)12-8(21-6(2)19)3-7(4-18)22-12;1-3-15(10-6(18)5(17)4(2-16)20-10)8-7(21-3)9(19)14-11(12)13-8;1-4-15(7-2-5(17)6(3-16)19-7)9-8(20-4)10(18)14-11(12)13-9/h2*10-12,16H,1,5H2,2-4H3,(H3,18,19,20,25);9-10,14H,1,4-5H2,2-3H3,(H3,16,17,18,22);7-8,12,18H,1,3-4H2,2H3,(H3,14,15,16,20);4-6,10,16-18H,1-2H2,(H3,12,13,14,19);5-7,16-17H,1-3H2,(H3,12,13,14,18)/t2*10-,11-,12-,16-;9-,10+,14+;7-,8+,12+;4-,5-,6-,10-;5-,6+,7+/m110010/s1. The van der Waals surface area contributed by atoms with Crippen molar-refractivity contribution in [3.05, 3.63) is 132 Å². The molecule has 66 heteroatoms. The number of hydrogen-bond donors (Lipinski definition) is 18. The molecule has 0 aliphatic carbocycles. The summed E-state index contributed by atoms with van der Waals surface area (Å²) in [4.78, 5) is 225. The molecule has 60 nitrogen and oxygen atoms in total. The SMILES string of the molecule is C=C1Sc2c(nc(N)[nH]c2=O)N1[C@@H]1O[C@H](CO)C[C@H]1OC(C)=O.C=C1Sc2c(nc(N)[nH]c2=O)N1[C@@H]1O[C@H](CO)[C@@H](O)[C@H]1O.C=C1Sc2c(nc(N)[nH]c2=O)N1[C@@H]1O[C@H](COC(C)=O)C[C@H]1OC(C)=O.C=C1Sc2c(nc(N)[nH]c2=O)N1[C@@H]1O[C@H](COC(C)=O)[C@@H](OC(C)=O)[C@H]1OC(C)=O.C=C1Sc2c(nc(N)[nH]c2=O)N1[C@@H]1O[C@H](COC(C)=O)[C@@H](OC(C)=O)[C@H]1OC(C)=O.C=C1Sc2c(nc(N)[nH]c2=O)N1[C@H]1C[C@H](O)[C@@H](CO)O1. The van der Waals surface area contributed by atoms with Crippen molar-refractivity contribution in [1.29, 1.82) is 0 Å². The first-order valence-electron chi connectivity index (χ1n) is 44.3. The summed E-state index contributed by atoms with van der Waals surface area (Å²) in [5.41, 5.74) is 31.2. The van der Waals surface area contributed by atoms with E-state index in [-0.39, 0.29) is 123 Å². The summed E-state index contributed by atoms with van der Waals surface area (Å²) < 4.78 is 81.6. The summed E-state index contributed by atoms with van der Waals surface area (Å²) >= 11 is 6.57. The second kappa shape index (κ2) is 47.6. The number of aliphatic hydroxyl groups is 6. The first-order chi connectivity index (χ1) is 70.8. The van der Waals surface area contributed by atoms with Crippen LogP contribution in [0.3, 0.4) is 0 Å². The van der Waals surface area contributed by atoms with Crippen LogP contribution < -0.4 is 97.2 Å². The number of carbonyl (C=O) groups is 9. The quantitative estimate of drug-likeness (QED) is 0.0257. The molecule has 0 bridgehead atoms. The van der Waals surface area contributed by atoms with Crippen LogP contribution in [-0.4, -0.2) is 313 Å². The highest BCUT2D eigenvalue weighted by Crippen LogP contribution is 2.53. The summed E-state index contributed by atoms with van der Waals surface area (Å²) in [6.45, 7) is 32.9. The van der Waals surface area contributed by atoms with Gasteiger partial charge in [0.05, 0.1) is 68.3 Å². The van der Waals surface area contributed by atoms with Crippen LogP contribution in [0.1, 0.15) is 81.6 Å². The predicted molar refractivity (Wildman–Crippen MR) is 529 cm³/mol. The number of ether oxygens (including phenoxy) is 15. The summed E-state index contributed by atoms with van der Waals surface area (Å²) in [6.07, 6.45) is -17.7. The fourth-order valence-electron chi connectivity index (χ4n) is 16.5. The lowest BCUT2D eigenvalue weighted by molar-refractivity contribution is -0.165. The van der Waals surface area contributed by atoms with Crippen molar-refractivity contribution in [2.24, 2.45) is 0 Å². The number of H-pyrrole nitrogens is 6. The van der Waals surface area contributed by atoms with E-state index >= 15 is 0 Å². The van der Waals surface area contributed by atoms with Gasteiger partial charge in [-0.2, -0.15) is 29.9 Å². The van der Waals surface area contributed by atoms with Crippen LogP contribution in [-0.2, 0) is 114 Å². The lowest BCUT2D eigenvalue weighted by atomic mass is 10.1. The molecule has 0 amide bonds. The summed E-state index contributed by atoms with van der Waals surface area (Å²) in [6, 6.07) is 0. The molecule has 810 valence electrons. The lowest BCUT2D eigenvalue weighted by Crippen LogP contribution is -2.46. The highest BCUT2D eigenvalue weighted by molar-refractivity contribution is 8.05. The zero-order valence-corrected chi connectivity index (χ0v) is 85.3. The van der Waals surface area contributed by atoms with E-state index in [0.29, 0.717) is 75.8 Å². The third kappa shape index (κ3) is 25.2. The van der Waals surface area contributed by atoms with Crippen LogP contribution in [0.2, 0.25) is 0 Å². The minimum Gasteiger partial charge on any atom is -0.463 e. The maximum atomic E-state index is 12.2. The number of aliphatic hydroxyl groups excluding tert-OH is 6. The minimum absolute atomic E-state index is 0.00584. The first kappa shape index (κ1) is 113. The smallest absolute Gasteiger partial charge is 0.303 e. The molecule has 150 heavy (non-hydrogen) atoms. The van der Waals surface area contributed by atoms with E-state index in [4.69, 9.17) is 116 Å². The molecule has 6 aromatic rings. The van der Waals surface area contributed by atoms with E-state index in [1.54, 1.807) is 14.7 Å². The molecule has 0 saturated carbocycles. The van der Waals surface area contributed by atoms with Gasteiger partial charge in [0, 0.05) is 81.6 Å². The Morgan fingerprint density at radius 1 is 0.313 bits per heavy atom. The number of nitrogens with one attached hydrogen (secondary N) is 6. The number of nitrogens with zero attached hydrogens (tertiary/aromatic N) is 12. The molecule has 6 saturated heterocycles. The Balaban J connectivity index is 0.000000151. The van der Waals surface area contributed by atoms with Gasteiger partial charge in [0.2, 0.25) is 35.7 Å². The van der Waals surface area contributed by atoms with E-state index in [9.17, 15) is 92.3 Å². The van der Waals surface area contributed by atoms with Crippen LogP contribution in [0.4, 0.5) is 70.6 Å². The van der Waals surface area contributed by atoms with Gasteiger partial charge < -0.3 is 136 Å². The molecule has 6 fully saturated rings. The Bertz CT molecular complexity index is 6600. The van der Waals surface area contributed by atoms with Gasteiger partial charge in [-0.1, -0.05) is 110 Å². The second-order valence-corrected chi connectivity index (χ2v) is 39.7. The molecular weight excluding hydrogens is 2110 g/mol. The van der Waals surface area contributed by atoms with Crippen molar-refractivity contribution in [3.63, 3.8) is 0 Å². The number of esters is 9. The second-order valence-electron chi connectivity index (χ2n) is 33.2. The lowest BCUT2D eigenvalue weighted by Gasteiger charge is -2.30. The van der Waals surface area contributed by atoms with Crippen LogP contribution in [0.5, 0.6) is 0 Å². The topological polar surface area (TPSA) is 864 Å². The minimum atomic E-state index is -1.28. The summed E-state index contributed by atoms with van der Waals surface area (Å²) in [5.74, 6) is -4.05. The van der Waals surface area contributed by atoms with E-state index in [2.05, 4.69) is 99.3 Å². The average molecular weight is 2220 g/mol. The molecule has 0 unspecified atom stereocenters. The van der Waals surface area contributed by atoms with Crippen molar-refractivity contribution < 1.29 is 145 Å². The Morgan fingerprint density at radius 3 is 0.853 bits per heavy atom. The van der Waals surface area contributed by atoms with Gasteiger partial charge in [-0.25, -0.2) is 0 Å². The molecular formula is C84H102N24O36S6. The number of fused-ring (bicyclic) bond motifs is 6. The largest absolute Gasteiger partial charge is 0.463 e. The number of aromatic amines is 6. The molecule has 24 N–H and O–H groups in total. The van der Waals surface area contributed by atoms with E-state index in [1.165, 1.54) is 88.8 Å². The molecule has 12 aliphatic rings. The fourth-order valence-corrected chi connectivity index (χ4v) is 22.0. The normalized spacial score (nSPS) is 26.6. The highest BCUT2D eigenvalue weighted by atomic mass is 32.2. The van der Waals surface area contributed by atoms with E-state index in [0.717, 1.165) is 58.8 Å². The third-order valence-corrected chi connectivity index (χ3v) is 28.3. The van der Waals surface area contributed by atoms with Gasteiger partial charge in [-0.05, 0) is 0 Å². The number of carbonyl (C=O) groups excluding carboxylic acids is 9. The Hall–Kier alpha value is -13.8. The molecule has 0 radical (unpaired) electrons. The Morgan fingerprint density at radius 2 is 0.573 bits per heavy atom. The molecule has 6 aromatic heterocycles. The van der Waals surface area contributed by atoms with Gasteiger partial charge in [-0.3, -0.25) is 131 Å². The molecule has 0 aromatic carbocycles. The number of nitrogens with two attached hydrogens (primary N) is 6. The van der Waals surface area contributed by atoms with Crippen molar-refractivity contribution in [1.82, 2.24) is 59.8 Å². The van der Waals surface area contributed by atoms with Gasteiger partial charge in [0.25, 0.3) is 33.4 Å². The van der Waals surface area contributed by atoms with Gasteiger partial charge in [0.1, 0.15) is 104 Å². The zero-order valence-electron chi connectivity index (χ0n) is 80.4. The van der Waals surface area contributed by atoms with Gasteiger partial charge >= 0.3 is 53.7 Å². The maximum Gasteiger partial charge on any atom is 0.303 e. The molecule has 21 atom stereocenters. The van der Waals surface area contributed by atoms with Gasteiger partial charge in [-0.15, -0.1) is 0 Å². The van der Waals surface area contributed by atoms with E-state index < -0.39 is 206 Å². The third-order valence-electron chi connectivity index (χ3n) is 22.3. The Labute approximate surface area is 869 Å². The number of rotatable bonds is 21. The number of hydrogen-bond acceptors (Lipinski definition) is 60. The summed E-state index contributed by atoms with van der Waals surface area (Å²) in [7, 11) is 0. The van der Waals surface area contributed by atoms with Crippen LogP contribution in [0, 0.1) is 0 Å². The molecule has 0 spiro atoms. The Kier molecular flexibility index (Phi) is 35.9. The number of aromatic nitrogens is 12. The van der Waals surface area contributed by atoms with Crippen LogP contribution >= 0.6 is 70.6 Å². The van der Waals surface area contributed by atoms with Crippen molar-refractivity contribution >= 4 is 195 Å². The van der Waals surface area contributed by atoms with Crippen LogP contribution in [0.25, 0.3) is 0 Å². The van der Waals surface area contributed by atoms with E-state index in [1.807, 2.05) is 0 Å². The monoisotopic (exact) mass is 2210 g/mol. The number of thioether (sulfide) groups is 6. The summed E-state index contributed by atoms with van der Waals surface area (Å²) in [5, 5.41) is 60.0. The van der Waals surface area contributed by atoms with Gasteiger partial charge in [0.15, 0.2) is 90.5 Å². The van der Waals surface area contributed by atoms with Crippen molar-refractivity contribution in [2.45, 2.75) is 240 Å². The molecule has 12 aliphatic heterocycles. The van der Waals surface area contributed by atoms with Crippen molar-refractivity contribution in [2.75, 3.05) is 103 Å². The molecule has 18 rings (SSSR count). The maximum absolute atomic E-state index is 12.2. The molecule has 18 heterocycles. The van der Waals surface area contributed by atoms with Crippen LogP contribution in [0.15, 0.2) is 128 Å².